The van der Waals surface area contributed by atoms with Crippen molar-refractivity contribution in [1.29, 1.82) is 0 Å². The summed E-state index contributed by atoms with van der Waals surface area (Å²) in [6, 6.07) is 3.75. The van der Waals surface area contributed by atoms with E-state index in [0.717, 1.165) is 10.2 Å². The third-order valence-electron chi connectivity index (χ3n) is 1.37. The Bertz CT molecular complexity index is 396. The molecule has 0 unspecified atom stereocenters. The largest absolute Gasteiger partial charge is 0.245 e. The quantitative estimate of drug-likeness (QED) is 0.638. The van der Waals surface area contributed by atoms with Gasteiger partial charge in [0.05, 0.1) is 5.02 Å². The first-order valence-corrected chi connectivity index (χ1v) is 4.55. The second-order valence-electron chi connectivity index (χ2n) is 2.05. The molecule has 11 heavy (non-hydrogen) atoms. The molecule has 0 fully saturated rings. The van der Waals surface area contributed by atoms with E-state index in [9.17, 15) is 0 Å². The summed E-state index contributed by atoms with van der Waals surface area (Å²) >= 11 is 13.1. The minimum Gasteiger partial charge on any atom is -0.245 e. The van der Waals surface area contributed by atoms with Crippen molar-refractivity contribution < 1.29 is 0 Å². The molecule has 0 aliphatic rings. The van der Waals surface area contributed by atoms with E-state index in [0.29, 0.717) is 9.36 Å². The van der Waals surface area contributed by atoms with E-state index in [4.69, 9.17) is 23.2 Å². The van der Waals surface area contributed by atoms with Crippen LogP contribution in [0.15, 0.2) is 18.3 Å². The molecular weight excluding hydrogens is 201 g/mol. The molecule has 0 aliphatic heterocycles. The monoisotopic (exact) mass is 203 g/mol. The van der Waals surface area contributed by atoms with Crippen LogP contribution >= 0.6 is 34.5 Å². The van der Waals surface area contributed by atoms with Crippen LogP contribution < -0.4 is 0 Å². The topological polar surface area (TPSA) is 12.9 Å². The predicted molar refractivity (Wildman–Crippen MR) is 49.6 cm³/mol. The third kappa shape index (κ3) is 1.11. The van der Waals surface area contributed by atoms with Crippen LogP contribution in [-0.2, 0) is 0 Å². The molecule has 0 amide bonds. The van der Waals surface area contributed by atoms with Gasteiger partial charge in [0.1, 0.15) is 9.17 Å². The Labute approximate surface area is 77.6 Å². The van der Waals surface area contributed by atoms with E-state index < -0.39 is 0 Å². The fraction of sp³-hybridized carbons (Fsp3) is 0. The molecule has 0 radical (unpaired) electrons. The summed E-state index contributed by atoms with van der Waals surface area (Å²) in [5.41, 5.74) is 0. The molecule has 0 saturated heterocycles. The molecule has 0 saturated carbocycles. The molecule has 2 aromatic heterocycles. The number of fused-ring (bicyclic) bond motifs is 1. The van der Waals surface area contributed by atoms with Crippen molar-refractivity contribution in [1.82, 2.24) is 4.98 Å². The van der Waals surface area contributed by atoms with Crippen molar-refractivity contribution >= 4 is 44.8 Å². The van der Waals surface area contributed by atoms with E-state index in [1.54, 1.807) is 6.20 Å². The van der Waals surface area contributed by atoms with Crippen LogP contribution in [0.25, 0.3) is 10.2 Å². The van der Waals surface area contributed by atoms with Crippen LogP contribution in [0.1, 0.15) is 0 Å². The highest BCUT2D eigenvalue weighted by Gasteiger charge is 2.07. The van der Waals surface area contributed by atoms with Crippen molar-refractivity contribution in [2.24, 2.45) is 0 Å². The van der Waals surface area contributed by atoms with Crippen molar-refractivity contribution in [2.45, 2.75) is 0 Å². The third-order valence-corrected chi connectivity index (χ3v) is 3.29. The summed E-state index contributed by atoms with van der Waals surface area (Å²) in [4.78, 5) is 5.00. The highest BCUT2D eigenvalue weighted by atomic mass is 35.5. The maximum atomic E-state index is 5.88. The Kier molecular flexibility index (Phi) is 1.75. The number of rotatable bonds is 0. The molecule has 2 heterocycles. The van der Waals surface area contributed by atoms with Gasteiger partial charge in [0, 0.05) is 11.6 Å². The van der Waals surface area contributed by atoms with Gasteiger partial charge in [0.25, 0.3) is 0 Å². The van der Waals surface area contributed by atoms with Gasteiger partial charge in [-0.3, -0.25) is 0 Å². The number of halogens is 2. The van der Waals surface area contributed by atoms with Crippen molar-refractivity contribution in [3.8, 4) is 0 Å². The molecule has 1 nitrogen and oxygen atoms in total. The molecule has 0 bridgehead atoms. The summed E-state index contributed by atoms with van der Waals surface area (Å²) in [6.07, 6.45) is 1.73. The number of hydrogen-bond donors (Lipinski definition) is 0. The normalized spacial score (nSPS) is 10.7. The lowest BCUT2D eigenvalue weighted by atomic mass is 10.3. The lowest BCUT2D eigenvalue weighted by Crippen LogP contribution is -1.67. The first-order valence-electron chi connectivity index (χ1n) is 2.97. The molecule has 0 atom stereocenters. The minimum absolute atomic E-state index is 0.611. The van der Waals surface area contributed by atoms with Crippen LogP contribution in [0.5, 0.6) is 0 Å². The molecule has 2 rings (SSSR count). The lowest BCUT2D eigenvalue weighted by molar-refractivity contribution is 1.45. The van der Waals surface area contributed by atoms with E-state index in [1.165, 1.54) is 11.3 Å². The van der Waals surface area contributed by atoms with Gasteiger partial charge in [0.15, 0.2) is 0 Å². The SMILES string of the molecule is Clc1sc2ncccc2c1Cl. The summed E-state index contributed by atoms with van der Waals surface area (Å²) < 4.78 is 0.611. The molecule has 0 aromatic carbocycles. The Balaban J connectivity index is 2.92. The van der Waals surface area contributed by atoms with Crippen molar-refractivity contribution in [2.75, 3.05) is 0 Å². The van der Waals surface area contributed by atoms with Crippen LogP contribution in [0.2, 0.25) is 9.36 Å². The van der Waals surface area contributed by atoms with Gasteiger partial charge >= 0.3 is 0 Å². The van der Waals surface area contributed by atoms with E-state index in [2.05, 4.69) is 4.98 Å². The highest BCUT2D eigenvalue weighted by molar-refractivity contribution is 7.23. The summed E-state index contributed by atoms with van der Waals surface area (Å²) in [5.74, 6) is 0. The van der Waals surface area contributed by atoms with Crippen LogP contribution in [0.4, 0.5) is 0 Å². The second kappa shape index (κ2) is 2.63. The maximum absolute atomic E-state index is 5.88. The zero-order chi connectivity index (χ0) is 7.84. The van der Waals surface area contributed by atoms with Gasteiger partial charge in [0.2, 0.25) is 0 Å². The van der Waals surface area contributed by atoms with Gasteiger partial charge in [-0.15, -0.1) is 11.3 Å². The van der Waals surface area contributed by atoms with Gasteiger partial charge < -0.3 is 0 Å². The Hall–Kier alpha value is -0.310. The van der Waals surface area contributed by atoms with E-state index in [-0.39, 0.29) is 0 Å². The standard InChI is InChI=1S/C7H3Cl2NS/c8-5-4-2-1-3-10-7(4)11-6(5)9/h1-3H. The van der Waals surface area contributed by atoms with Gasteiger partial charge in [-0.05, 0) is 12.1 Å². The second-order valence-corrected chi connectivity index (χ2v) is 4.02. The van der Waals surface area contributed by atoms with Gasteiger partial charge in [-0.2, -0.15) is 0 Å². The Morgan fingerprint density at radius 3 is 2.91 bits per heavy atom. The fourth-order valence-electron chi connectivity index (χ4n) is 0.875. The number of thiophene rings is 1. The maximum Gasteiger partial charge on any atom is 0.126 e. The zero-order valence-corrected chi connectivity index (χ0v) is 7.67. The average molecular weight is 204 g/mol. The summed E-state index contributed by atoms with van der Waals surface area (Å²) in [7, 11) is 0. The molecule has 4 heteroatoms. The molecule has 0 N–H and O–H groups in total. The Morgan fingerprint density at radius 2 is 2.18 bits per heavy atom. The average Bonchev–Trinajstić information content (AvgIpc) is 2.30. The first-order chi connectivity index (χ1) is 5.29. The van der Waals surface area contributed by atoms with Gasteiger partial charge in [-0.1, -0.05) is 23.2 Å². The summed E-state index contributed by atoms with van der Waals surface area (Å²) in [6.45, 7) is 0. The lowest BCUT2D eigenvalue weighted by Gasteiger charge is -1.84. The summed E-state index contributed by atoms with van der Waals surface area (Å²) in [5, 5.41) is 1.55. The van der Waals surface area contributed by atoms with E-state index in [1.807, 2.05) is 12.1 Å². The van der Waals surface area contributed by atoms with Crippen LogP contribution in [0.3, 0.4) is 0 Å². The molecule has 56 valence electrons. The minimum atomic E-state index is 0.611. The van der Waals surface area contributed by atoms with Crippen LogP contribution in [-0.4, -0.2) is 4.98 Å². The fourth-order valence-corrected chi connectivity index (χ4v) is 2.28. The highest BCUT2D eigenvalue weighted by Crippen LogP contribution is 2.37. The smallest absolute Gasteiger partial charge is 0.126 e. The predicted octanol–water partition coefficient (Wildman–Crippen LogP) is 3.60. The Morgan fingerprint density at radius 1 is 1.36 bits per heavy atom. The molecular formula is C7H3Cl2NS. The zero-order valence-electron chi connectivity index (χ0n) is 5.34. The number of aromatic nitrogens is 1. The number of pyridine rings is 1. The molecule has 0 spiro atoms. The number of nitrogens with zero attached hydrogens (tertiary/aromatic N) is 1. The van der Waals surface area contributed by atoms with Gasteiger partial charge in [-0.25, -0.2) is 4.98 Å². The number of hydrogen-bond acceptors (Lipinski definition) is 2. The van der Waals surface area contributed by atoms with Crippen molar-refractivity contribution in [3.05, 3.63) is 27.7 Å². The molecule has 0 aliphatic carbocycles. The molecule has 2 aromatic rings. The van der Waals surface area contributed by atoms with Crippen LogP contribution in [0, 0.1) is 0 Å². The first kappa shape index (κ1) is 7.35. The van der Waals surface area contributed by atoms with Crippen molar-refractivity contribution in [3.63, 3.8) is 0 Å². The van der Waals surface area contributed by atoms with E-state index >= 15 is 0 Å².